The third-order valence-corrected chi connectivity index (χ3v) is 12.6. The second kappa shape index (κ2) is 13.8. The Balaban J connectivity index is 1.42. The van der Waals surface area contributed by atoms with Crippen molar-refractivity contribution in [3.63, 3.8) is 0 Å². The number of unbranched alkanes of at least 4 members (excludes halogenated alkanes) is 2. The summed E-state index contributed by atoms with van der Waals surface area (Å²) in [7, 11) is 0. The van der Waals surface area contributed by atoms with Crippen LogP contribution in [0.2, 0.25) is 0 Å². The molecule has 0 N–H and O–H groups in total. The van der Waals surface area contributed by atoms with Crippen molar-refractivity contribution in [2.45, 2.75) is 92.2 Å². The molecule has 7 aromatic rings. The topological polar surface area (TPSA) is 9.86 Å². The second-order valence-electron chi connectivity index (χ2n) is 13.3. The van der Waals surface area contributed by atoms with E-state index < -0.39 is 0 Å². The van der Waals surface area contributed by atoms with Gasteiger partial charge in [-0.25, -0.2) is 0 Å². The minimum absolute atomic E-state index is 0.676. The molecule has 0 saturated carbocycles. The molecule has 4 heteroatoms. The third-order valence-electron chi connectivity index (χ3n) is 10.4. The Morgan fingerprint density at radius 3 is 1.78 bits per heavy atom. The van der Waals surface area contributed by atoms with E-state index in [0.717, 1.165) is 13.1 Å². The first-order valence-corrected chi connectivity index (χ1v) is 19.4. The Morgan fingerprint density at radius 2 is 1.15 bits per heavy atom. The van der Waals surface area contributed by atoms with Crippen LogP contribution in [0.25, 0.3) is 63.8 Å². The molecule has 46 heavy (non-hydrogen) atoms. The number of aromatic nitrogens is 2. The lowest BCUT2D eigenvalue weighted by Gasteiger charge is -2.18. The van der Waals surface area contributed by atoms with Gasteiger partial charge in [0.1, 0.15) is 0 Å². The molecule has 0 spiro atoms. The summed E-state index contributed by atoms with van der Waals surface area (Å²) in [6.07, 6.45) is 10.2. The summed E-state index contributed by atoms with van der Waals surface area (Å²) in [6.45, 7) is 11.6. The summed E-state index contributed by atoms with van der Waals surface area (Å²) in [5.41, 5.74) is 6.87. The van der Waals surface area contributed by atoms with Crippen LogP contribution in [0.5, 0.6) is 0 Å². The van der Waals surface area contributed by atoms with Crippen LogP contribution in [0.1, 0.15) is 79.1 Å². The molecule has 2 atom stereocenters. The van der Waals surface area contributed by atoms with E-state index in [1.54, 1.807) is 0 Å². The molecule has 3 aromatic carbocycles. The molecule has 0 bridgehead atoms. The molecule has 0 radical (unpaired) electrons. The van der Waals surface area contributed by atoms with E-state index in [-0.39, 0.29) is 0 Å². The summed E-state index contributed by atoms with van der Waals surface area (Å²) in [5.74, 6) is 1.38. The van der Waals surface area contributed by atoms with Crippen LogP contribution in [-0.4, -0.2) is 9.13 Å². The molecule has 7 rings (SSSR count). The fourth-order valence-corrected chi connectivity index (χ4v) is 9.41. The van der Waals surface area contributed by atoms with Crippen LogP contribution in [0.3, 0.4) is 0 Å². The van der Waals surface area contributed by atoms with E-state index in [0.29, 0.717) is 11.8 Å². The SMILES string of the molecule is CCCCC(CC)Cn1c2ccccc2c2cc3c(cc21)c1ccc(-c2ccc(-c4cccs4)s2)cc1n3CC(CC)CCCC. The Bertz CT molecular complexity index is 2070. The zero-order valence-electron chi connectivity index (χ0n) is 28.0. The van der Waals surface area contributed by atoms with Gasteiger partial charge in [0.15, 0.2) is 0 Å². The van der Waals surface area contributed by atoms with Gasteiger partial charge < -0.3 is 9.13 Å². The molecular formula is C42H48N2S2. The Morgan fingerprint density at radius 1 is 0.543 bits per heavy atom. The Hall–Kier alpha value is -3.34. The maximum absolute atomic E-state index is 2.69. The second-order valence-corrected chi connectivity index (χ2v) is 15.4. The summed E-state index contributed by atoms with van der Waals surface area (Å²) in [6, 6.07) is 30.5. The molecule has 2 unspecified atom stereocenters. The predicted molar refractivity (Wildman–Crippen MR) is 206 cm³/mol. The number of benzene rings is 3. The Labute approximate surface area is 282 Å². The minimum Gasteiger partial charge on any atom is -0.340 e. The zero-order chi connectivity index (χ0) is 31.6. The van der Waals surface area contributed by atoms with Crippen LogP contribution in [0.15, 0.2) is 84.2 Å². The van der Waals surface area contributed by atoms with Gasteiger partial charge in [0.25, 0.3) is 0 Å². The molecular weight excluding hydrogens is 597 g/mol. The molecule has 0 amide bonds. The lowest BCUT2D eigenvalue weighted by molar-refractivity contribution is 0.400. The van der Waals surface area contributed by atoms with Gasteiger partial charge in [-0.2, -0.15) is 0 Å². The molecule has 0 saturated heterocycles. The van der Waals surface area contributed by atoms with Crippen molar-refractivity contribution >= 4 is 66.3 Å². The summed E-state index contributed by atoms with van der Waals surface area (Å²) in [4.78, 5) is 4.06. The van der Waals surface area contributed by atoms with Crippen molar-refractivity contribution in [1.29, 1.82) is 0 Å². The minimum atomic E-state index is 0.676. The first-order valence-electron chi connectivity index (χ1n) is 17.7. The molecule has 0 aliphatic rings. The number of thiophene rings is 2. The number of rotatable bonds is 14. The van der Waals surface area contributed by atoms with Crippen molar-refractivity contribution in [3.8, 4) is 20.2 Å². The van der Waals surface area contributed by atoms with E-state index in [4.69, 9.17) is 0 Å². The number of fused-ring (bicyclic) bond motifs is 6. The maximum Gasteiger partial charge on any atom is 0.0499 e. The van der Waals surface area contributed by atoms with E-state index in [2.05, 4.69) is 121 Å². The van der Waals surface area contributed by atoms with Crippen molar-refractivity contribution in [3.05, 3.63) is 84.2 Å². The van der Waals surface area contributed by atoms with E-state index >= 15 is 0 Å². The lowest BCUT2D eigenvalue weighted by atomic mass is 9.99. The van der Waals surface area contributed by atoms with Crippen molar-refractivity contribution in [2.24, 2.45) is 11.8 Å². The third kappa shape index (κ3) is 5.84. The normalized spacial score (nSPS) is 13.5. The average Bonchev–Trinajstić information content (AvgIpc) is 3.90. The summed E-state index contributed by atoms with van der Waals surface area (Å²) < 4.78 is 5.34. The largest absolute Gasteiger partial charge is 0.340 e. The zero-order valence-corrected chi connectivity index (χ0v) is 29.7. The predicted octanol–water partition coefficient (Wildman–Crippen LogP) is 13.8. The van der Waals surface area contributed by atoms with E-state index in [1.807, 2.05) is 22.7 Å². The first kappa shape index (κ1) is 31.3. The number of nitrogens with zero attached hydrogens (tertiary/aromatic N) is 2. The molecule has 2 nitrogen and oxygen atoms in total. The highest BCUT2D eigenvalue weighted by Gasteiger charge is 2.20. The fourth-order valence-electron chi connectivity index (χ4n) is 7.58. The average molecular weight is 645 g/mol. The van der Waals surface area contributed by atoms with Gasteiger partial charge in [-0.05, 0) is 78.1 Å². The number of hydrogen-bond acceptors (Lipinski definition) is 2. The monoisotopic (exact) mass is 644 g/mol. The van der Waals surface area contributed by atoms with Gasteiger partial charge in [0, 0.05) is 71.3 Å². The van der Waals surface area contributed by atoms with Crippen LogP contribution in [0.4, 0.5) is 0 Å². The van der Waals surface area contributed by atoms with Gasteiger partial charge in [-0.1, -0.05) is 103 Å². The van der Waals surface area contributed by atoms with Crippen molar-refractivity contribution in [1.82, 2.24) is 9.13 Å². The van der Waals surface area contributed by atoms with Crippen molar-refractivity contribution < 1.29 is 0 Å². The molecule has 238 valence electrons. The van der Waals surface area contributed by atoms with Gasteiger partial charge in [0.2, 0.25) is 0 Å². The summed E-state index contributed by atoms with van der Waals surface area (Å²) >= 11 is 3.74. The highest BCUT2D eigenvalue weighted by atomic mass is 32.1. The summed E-state index contributed by atoms with van der Waals surface area (Å²) in [5, 5.41) is 7.75. The standard InChI is InChI=1S/C42H48N2S2/c1-5-9-14-29(7-3)27-43-36-17-12-11-16-32(36)34-25-39-35(26-38(34)43)33-20-19-31(40-21-22-42(46-40)41-18-13-23-45-41)24-37(33)44(39)28-30(8-4)15-10-6-2/h11-13,16-26,29-30H,5-10,14-15,27-28H2,1-4H3. The van der Waals surface area contributed by atoms with Crippen LogP contribution in [-0.2, 0) is 13.1 Å². The number of hydrogen-bond donors (Lipinski definition) is 0. The van der Waals surface area contributed by atoms with Gasteiger partial charge in [0.05, 0.1) is 0 Å². The van der Waals surface area contributed by atoms with Crippen molar-refractivity contribution in [2.75, 3.05) is 0 Å². The molecule has 4 aromatic heterocycles. The van der Waals surface area contributed by atoms with E-state index in [9.17, 15) is 0 Å². The first-order chi connectivity index (χ1) is 22.6. The smallest absolute Gasteiger partial charge is 0.0499 e. The quantitative estimate of drug-likeness (QED) is 0.111. The van der Waals surface area contributed by atoms with Gasteiger partial charge in [-0.3, -0.25) is 0 Å². The Kier molecular flexibility index (Phi) is 9.38. The fraction of sp³-hybridized carbons (Fsp3) is 0.381. The molecule has 0 aliphatic carbocycles. The highest BCUT2D eigenvalue weighted by Crippen LogP contribution is 2.41. The van der Waals surface area contributed by atoms with Crippen LogP contribution < -0.4 is 0 Å². The maximum atomic E-state index is 2.69. The molecule has 4 heterocycles. The number of para-hydroxylation sites is 1. The van der Waals surface area contributed by atoms with Crippen LogP contribution in [0, 0.1) is 11.8 Å². The molecule has 0 aliphatic heterocycles. The highest BCUT2D eigenvalue weighted by molar-refractivity contribution is 7.23. The van der Waals surface area contributed by atoms with Gasteiger partial charge >= 0.3 is 0 Å². The van der Waals surface area contributed by atoms with Crippen LogP contribution >= 0.6 is 22.7 Å². The van der Waals surface area contributed by atoms with E-state index in [1.165, 1.54) is 115 Å². The van der Waals surface area contributed by atoms with Gasteiger partial charge in [-0.15, -0.1) is 22.7 Å². The lowest BCUT2D eigenvalue weighted by Crippen LogP contribution is -2.10. The molecule has 0 fully saturated rings.